The van der Waals surface area contributed by atoms with Crippen molar-refractivity contribution < 1.29 is 22.6 Å². The fraction of sp³-hybridized carbons (Fsp3) is 0.526. The fourth-order valence-electron chi connectivity index (χ4n) is 3.06. The molecule has 1 fully saturated rings. The molecule has 0 aliphatic carbocycles. The van der Waals surface area contributed by atoms with Crippen LogP contribution in [0.25, 0.3) is 11.1 Å². The van der Waals surface area contributed by atoms with Crippen molar-refractivity contribution in [3.8, 4) is 22.6 Å². The second kappa shape index (κ2) is 8.21. The summed E-state index contributed by atoms with van der Waals surface area (Å²) in [7, 11) is 0. The van der Waals surface area contributed by atoms with E-state index in [0.717, 1.165) is 31.5 Å². The lowest BCUT2D eigenvalue weighted by Gasteiger charge is -2.22. The lowest BCUT2D eigenvalue weighted by Crippen LogP contribution is -2.29. The molecule has 1 saturated heterocycles. The van der Waals surface area contributed by atoms with E-state index in [-0.39, 0.29) is 11.7 Å². The van der Waals surface area contributed by atoms with E-state index in [2.05, 4.69) is 15.2 Å². The third-order valence-electron chi connectivity index (χ3n) is 4.35. The van der Waals surface area contributed by atoms with Gasteiger partial charge in [0.25, 0.3) is 0 Å². The van der Waals surface area contributed by atoms with Crippen molar-refractivity contribution in [2.75, 3.05) is 19.7 Å². The van der Waals surface area contributed by atoms with Gasteiger partial charge < -0.3 is 14.8 Å². The molecule has 5 nitrogen and oxygen atoms in total. The molecule has 1 N–H and O–H groups in total. The number of halogens is 3. The number of rotatable bonds is 6. The summed E-state index contributed by atoms with van der Waals surface area (Å²) in [4.78, 5) is 0. The van der Waals surface area contributed by atoms with Crippen molar-refractivity contribution in [1.82, 2.24) is 15.1 Å². The minimum Gasteiger partial charge on any atom is -0.493 e. The molecule has 0 amide bonds. The number of hydrogen-bond donors (Lipinski definition) is 1. The second-order valence-electron chi connectivity index (χ2n) is 7.10. The van der Waals surface area contributed by atoms with Crippen molar-refractivity contribution in [2.24, 2.45) is 5.92 Å². The highest BCUT2D eigenvalue weighted by Gasteiger charge is 2.31. The third-order valence-corrected chi connectivity index (χ3v) is 4.35. The van der Waals surface area contributed by atoms with Gasteiger partial charge in [0, 0.05) is 23.4 Å². The molecular formula is C19H24F3N3O2. The standard InChI is InChI=1S/C19H24F3N3O2/c1-13(2)12-26-18-9-16(27-19(20,21)22)3-4-17(18)14-10-24-25(11-14)15-5-7-23-8-6-15/h3-4,9-11,13,15,23H,5-8,12H2,1-2H3. The molecule has 0 saturated carbocycles. The monoisotopic (exact) mass is 383 g/mol. The van der Waals surface area contributed by atoms with Gasteiger partial charge in [-0.15, -0.1) is 13.2 Å². The van der Waals surface area contributed by atoms with E-state index in [1.807, 2.05) is 24.7 Å². The average Bonchev–Trinajstić information content (AvgIpc) is 3.09. The molecule has 8 heteroatoms. The van der Waals surface area contributed by atoms with Crippen molar-refractivity contribution in [1.29, 1.82) is 0 Å². The average molecular weight is 383 g/mol. The highest BCUT2D eigenvalue weighted by atomic mass is 19.4. The van der Waals surface area contributed by atoms with E-state index < -0.39 is 6.36 Å². The Balaban J connectivity index is 1.87. The molecule has 2 heterocycles. The number of nitrogens with zero attached hydrogens (tertiary/aromatic N) is 2. The minimum absolute atomic E-state index is 0.238. The van der Waals surface area contributed by atoms with Gasteiger partial charge in [-0.05, 0) is 44.0 Å². The molecule has 3 rings (SSSR count). The summed E-state index contributed by atoms with van der Waals surface area (Å²) in [5.41, 5.74) is 1.51. The summed E-state index contributed by atoms with van der Waals surface area (Å²) in [5, 5.41) is 7.77. The zero-order chi connectivity index (χ0) is 19.4. The highest BCUT2D eigenvalue weighted by Crippen LogP contribution is 2.36. The van der Waals surface area contributed by atoms with Crippen LogP contribution in [0.4, 0.5) is 13.2 Å². The van der Waals surface area contributed by atoms with Gasteiger partial charge in [0.15, 0.2) is 0 Å². The zero-order valence-electron chi connectivity index (χ0n) is 15.4. The van der Waals surface area contributed by atoms with E-state index in [0.29, 0.717) is 24.0 Å². The van der Waals surface area contributed by atoms with Crippen molar-refractivity contribution in [3.05, 3.63) is 30.6 Å². The summed E-state index contributed by atoms with van der Waals surface area (Å²) in [6, 6.07) is 4.49. The van der Waals surface area contributed by atoms with E-state index in [9.17, 15) is 13.2 Å². The van der Waals surface area contributed by atoms with Crippen LogP contribution in [0.2, 0.25) is 0 Å². The Kier molecular flexibility index (Phi) is 5.94. The number of hydrogen-bond acceptors (Lipinski definition) is 4. The number of alkyl halides is 3. The van der Waals surface area contributed by atoms with Crippen LogP contribution in [0.1, 0.15) is 32.7 Å². The Hall–Kier alpha value is -2.22. The lowest BCUT2D eigenvalue weighted by molar-refractivity contribution is -0.274. The van der Waals surface area contributed by atoms with E-state index in [1.165, 1.54) is 12.1 Å². The topological polar surface area (TPSA) is 48.3 Å². The molecule has 0 spiro atoms. The molecule has 1 aromatic carbocycles. The second-order valence-corrected chi connectivity index (χ2v) is 7.10. The fourth-order valence-corrected chi connectivity index (χ4v) is 3.06. The van der Waals surface area contributed by atoms with Gasteiger partial charge in [-0.25, -0.2) is 0 Å². The van der Waals surface area contributed by atoms with Crippen LogP contribution in [-0.4, -0.2) is 35.8 Å². The molecule has 2 aromatic rings. The number of piperidine rings is 1. The quantitative estimate of drug-likeness (QED) is 0.803. The predicted octanol–water partition coefficient (Wildman–Crippen LogP) is 4.41. The Bertz CT molecular complexity index is 753. The van der Waals surface area contributed by atoms with Crippen LogP contribution in [-0.2, 0) is 0 Å². The maximum absolute atomic E-state index is 12.5. The Labute approximate surface area is 156 Å². The van der Waals surface area contributed by atoms with Crippen LogP contribution in [0, 0.1) is 5.92 Å². The first-order chi connectivity index (χ1) is 12.8. The summed E-state index contributed by atoms with van der Waals surface area (Å²) >= 11 is 0. The van der Waals surface area contributed by atoms with Crippen LogP contribution in [0.15, 0.2) is 30.6 Å². The summed E-state index contributed by atoms with van der Waals surface area (Å²) in [6.07, 6.45) is 0.908. The number of benzene rings is 1. The van der Waals surface area contributed by atoms with Gasteiger partial charge >= 0.3 is 6.36 Å². The van der Waals surface area contributed by atoms with Gasteiger partial charge in [-0.1, -0.05) is 13.8 Å². The predicted molar refractivity (Wildman–Crippen MR) is 95.8 cm³/mol. The molecule has 148 valence electrons. The first-order valence-electron chi connectivity index (χ1n) is 9.09. The van der Waals surface area contributed by atoms with Gasteiger partial charge in [0.1, 0.15) is 11.5 Å². The number of nitrogens with one attached hydrogen (secondary N) is 1. The van der Waals surface area contributed by atoms with E-state index >= 15 is 0 Å². The smallest absolute Gasteiger partial charge is 0.493 e. The largest absolute Gasteiger partial charge is 0.573 e. The molecule has 1 aromatic heterocycles. The Morgan fingerprint density at radius 1 is 1.26 bits per heavy atom. The summed E-state index contributed by atoms with van der Waals surface area (Å²) in [5.74, 6) is 0.300. The molecule has 0 unspecified atom stereocenters. The van der Waals surface area contributed by atoms with Crippen molar-refractivity contribution >= 4 is 0 Å². The molecule has 0 radical (unpaired) electrons. The molecule has 0 atom stereocenters. The van der Waals surface area contributed by atoms with Crippen LogP contribution in [0.3, 0.4) is 0 Å². The number of ether oxygens (including phenoxy) is 2. The maximum Gasteiger partial charge on any atom is 0.573 e. The van der Waals surface area contributed by atoms with E-state index in [4.69, 9.17) is 4.74 Å². The van der Waals surface area contributed by atoms with Crippen LogP contribution in [0.5, 0.6) is 11.5 Å². The Morgan fingerprint density at radius 2 is 2.00 bits per heavy atom. The zero-order valence-corrected chi connectivity index (χ0v) is 15.4. The molecule has 0 bridgehead atoms. The lowest BCUT2D eigenvalue weighted by atomic mass is 10.1. The van der Waals surface area contributed by atoms with Crippen molar-refractivity contribution in [2.45, 2.75) is 39.1 Å². The Morgan fingerprint density at radius 3 is 2.67 bits per heavy atom. The molecule has 1 aliphatic rings. The third kappa shape index (κ3) is 5.38. The maximum atomic E-state index is 12.5. The van der Waals surface area contributed by atoms with Crippen LogP contribution < -0.4 is 14.8 Å². The first-order valence-corrected chi connectivity index (χ1v) is 9.09. The van der Waals surface area contributed by atoms with Gasteiger partial charge in [0.2, 0.25) is 0 Å². The SMILES string of the molecule is CC(C)COc1cc(OC(F)(F)F)ccc1-c1cnn(C2CCNCC2)c1. The summed E-state index contributed by atoms with van der Waals surface area (Å²) in [6.45, 7) is 6.25. The van der Waals surface area contributed by atoms with Gasteiger partial charge in [0.05, 0.1) is 18.8 Å². The summed E-state index contributed by atoms with van der Waals surface area (Å²) < 4.78 is 49.3. The number of aromatic nitrogens is 2. The normalized spacial score (nSPS) is 15.9. The molecule has 1 aliphatic heterocycles. The minimum atomic E-state index is -4.74. The van der Waals surface area contributed by atoms with Gasteiger partial charge in [-0.2, -0.15) is 5.10 Å². The first kappa shape index (κ1) is 19.5. The molecular weight excluding hydrogens is 359 g/mol. The van der Waals surface area contributed by atoms with Crippen LogP contribution >= 0.6 is 0 Å². The van der Waals surface area contributed by atoms with Crippen molar-refractivity contribution in [3.63, 3.8) is 0 Å². The van der Waals surface area contributed by atoms with E-state index in [1.54, 1.807) is 12.3 Å². The van der Waals surface area contributed by atoms with Gasteiger partial charge in [-0.3, -0.25) is 4.68 Å². The highest BCUT2D eigenvalue weighted by molar-refractivity contribution is 5.70. The molecule has 27 heavy (non-hydrogen) atoms.